The second-order valence-corrected chi connectivity index (χ2v) is 6.04. The van der Waals surface area contributed by atoms with E-state index in [1.165, 1.54) is 10.4 Å². The minimum atomic E-state index is -0.285. The van der Waals surface area contributed by atoms with Crippen LogP contribution in [0.5, 0.6) is 0 Å². The van der Waals surface area contributed by atoms with Crippen LogP contribution >= 0.6 is 11.3 Å². The number of ether oxygens (including phenoxy) is 1. The molecule has 0 fully saturated rings. The summed E-state index contributed by atoms with van der Waals surface area (Å²) in [4.78, 5) is 26.8. The maximum absolute atomic E-state index is 12.0. The Labute approximate surface area is 123 Å². The van der Waals surface area contributed by atoms with Crippen LogP contribution in [0.2, 0.25) is 0 Å². The van der Waals surface area contributed by atoms with Gasteiger partial charge in [-0.1, -0.05) is 0 Å². The first-order valence-corrected chi connectivity index (χ1v) is 7.97. The van der Waals surface area contributed by atoms with Crippen LogP contribution in [0.3, 0.4) is 0 Å². The number of carbonyl (C=O) groups is 2. The van der Waals surface area contributed by atoms with Gasteiger partial charge >= 0.3 is 5.97 Å². The number of esters is 1. The highest BCUT2D eigenvalue weighted by atomic mass is 32.1. The Hall–Kier alpha value is -1.20. The molecule has 2 rings (SSSR count). The van der Waals surface area contributed by atoms with Crippen molar-refractivity contribution >= 4 is 23.1 Å². The number of hydrogen-bond acceptors (Lipinski definition) is 5. The van der Waals surface area contributed by atoms with Gasteiger partial charge in [0.15, 0.2) is 0 Å². The third-order valence-electron chi connectivity index (χ3n) is 3.70. The smallest absolute Gasteiger partial charge is 0.306 e. The molecule has 1 unspecified atom stereocenters. The van der Waals surface area contributed by atoms with Crippen LogP contribution < -0.4 is 0 Å². The van der Waals surface area contributed by atoms with E-state index >= 15 is 0 Å². The minimum Gasteiger partial charge on any atom is -0.466 e. The van der Waals surface area contributed by atoms with E-state index in [2.05, 4.69) is 23.3 Å². The lowest BCUT2D eigenvalue weighted by atomic mass is 10.0. The Morgan fingerprint density at radius 1 is 1.45 bits per heavy atom. The van der Waals surface area contributed by atoms with Crippen LogP contribution in [0.1, 0.15) is 43.2 Å². The molecule has 1 aliphatic rings. The summed E-state index contributed by atoms with van der Waals surface area (Å²) in [6.07, 6.45) is 1.49. The summed E-state index contributed by atoms with van der Waals surface area (Å²) in [6, 6.07) is 2.44. The van der Waals surface area contributed by atoms with Gasteiger partial charge in [-0.15, -0.1) is 11.3 Å². The highest BCUT2D eigenvalue weighted by Crippen LogP contribution is 2.32. The highest BCUT2D eigenvalue weighted by Gasteiger charge is 2.26. The highest BCUT2D eigenvalue weighted by molar-refractivity contribution is 7.10. The van der Waals surface area contributed by atoms with Crippen molar-refractivity contribution in [2.45, 2.75) is 39.2 Å². The molecule has 0 radical (unpaired) electrons. The Bertz CT molecular complexity index is 483. The average Bonchev–Trinajstić information content (AvgIpc) is 2.89. The van der Waals surface area contributed by atoms with Gasteiger partial charge in [-0.25, -0.2) is 0 Å². The van der Waals surface area contributed by atoms with Crippen molar-refractivity contribution in [3.8, 4) is 0 Å². The van der Waals surface area contributed by atoms with E-state index in [-0.39, 0.29) is 30.6 Å². The molecule has 4 nitrogen and oxygen atoms in total. The molecular formula is C15H21NO3S. The lowest BCUT2D eigenvalue weighted by Gasteiger charge is -2.32. The number of carbonyl (C=O) groups excluding carboxylic acids is 2. The van der Waals surface area contributed by atoms with Crippen molar-refractivity contribution in [1.29, 1.82) is 0 Å². The third kappa shape index (κ3) is 3.67. The number of fused-ring (bicyclic) bond motifs is 1. The van der Waals surface area contributed by atoms with Crippen LogP contribution in [0, 0.1) is 0 Å². The summed E-state index contributed by atoms with van der Waals surface area (Å²) >= 11 is 1.80. The molecule has 0 aromatic carbocycles. The maximum Gasteiger partial charge on any atom is 0.306 e. The Morgan fingerprint density at radius 3 is 3.00 bits per heavy atom. The van der Waals surface area contributed by atoms with Crippen LogP contribution in [0.15, 0.2) is 11.4 Å². The predicted octanol–water partition coefficient (Wildman–Crippen LogP) is 2.58. The SMILES string of the molecule is CCOC(=O)CCC(=O)CN1CCc2sccc2C1C. The van der Waals surface area contributed by atoms with Crippen LogP contribution in [-0.4, -0.2) is 36.3 Å². The van der Waals surface area contributed by atoms with E-state index in [0.29, 0.717) is 13.2 Å². The molecule has 1 aliphatic heterocycles. The average molecular weight is 295 g/mol. The summed E-state index contributed by atoms with van der Waals surface area (Å²) in [5.41, 5.74) is 1.35. The van der Waals surface area contributed by atoms with Crippen molar-refractivity contribution in [2.75, 3.05) is 19.7 Å². The van der Waals surface area contributed by atoms with E-state index in [1.54, 1.807) is 18.3 Å². The summed E-state index contributed by atoms with van der Waals surface area (Å²) in [5, 5.41) is 2.12. The molecule has 0 saturated carbocycles. The van der Waals surface area contributed by atoms with Crippen molar-refractivity contribution < 1.29 is 14.3 Å². The lowest BCUT2D eigenvalue weighted by molar-refractivity contribution is -0.144. The molecule has 20 heavy (non-hydrogen) atoms. The summed E-state index contributed by atoms with van der Waals surface area (Å²) < 4.78 is 4.84. The van der Waals surface area contributed by atoms with E-state index in [0.717, 1.165) is 13.0 Å². The summed E-state index contributed by atoms with van der Waals surface area (Å²) in [7, 11) is 0. The molecule has 0 saturated heterocycles. The van der Waals surface area contributed by atoms with Crippen molar-refractivity contribution in [2.24, 2.45) is 0 Å². The number of hydrogen-bond donors (Lipinski definition) is 0. The Kier molecular flexibility index (Phi) is 5.31. The number of rotatable bonds is 6. The molecule has 0 N–H and O–H groups in total. The zero-order valence-corrected chi connectivity index (χ0v) is 12.9. The zero-order chi connectivity index (χ0) is 14.5. The fourth-order valence-electron chi connectivity index (χ4n) is 2.56. The Morgan fingerprint density at radius 2 is 2.25 bits per heavy atom. The lowest BCUT2D eigenvalue weighted by Crippen LogP contribution is -2.37. The normalized spacial score (nSPS) is 18.6. The molecule has 5 heteroatoms. The van der Waals surface area contributed by atoms with Crippen molar-refractivity contribution in [3.05, 3.63) is 21.9 Å². The van der Waals surface area contributed by atoms with Crippen LogP contribution in [0.4, 0.5) is 0 Å². The largest absolute Gasteiger partial charge is 0.466 e. The first kappa shape index (κ1) is 15.2. The number of Topliss-reactive ketones (excluding diaryl/α,β-unsaturated/α-hetero) is 1. The Balaban J connectivity index is 1.82. The van der Waals surface area contributed by atoms with E-state index in [4.69, 9.17) is 4.74 Å². The fraction of sp³-hybridized carbons (Fsp3) is 0.600. The molecule has 0 amide bonds. The standard InChI is InChI=1S/C15H21NO3S/c1-3-19-15(18)5-4-12(17)10-16-8-6-14-13(11(16)2)7-9-20-14/h7,9,11H,3-6,8,10H2,1-2H3. The maximum atomic E-state index is 12.0. The molecule has 0 spiro atoms. The predicted molar refractivity (Wildman–Crippen MR) is 78.9 cm³/mol. The molecular weight excluding hydrogens is 274 g/mol. The first-order chi connectivity index (χ1) is 9.61. The monoisotopic (exact) mass is 295 g/mol. The molecule has 1 atom stereocenters. The van der Waals surface area contributed by atoms with E-state index < -0.39 is 0 Å². The fourth-order valence-corrected chi connectivity index (χ4v) is 3.52. The summed E-state index contributed by atoms with van der Waals surface area (Å²) in [5.74, 6) is -0.170. The van der Waals surface area contributed by atoms with Gasteiger partial charge in [0.05, 0.1) is 19.6 Å². The van der Waals surface area contributed by atoms with Gasteiger partial charge in [0.25, 0.3) is 0 Å². The second kappa shape index (κ2) is 6.99. The van der Waals surface area contributed by atoms with Gasteiger partial charge in [-0.3, -0.25) is 14.5 Å². The molecule has 0 aliphatic carbocycles. The second-order valence-electron chi connectivity index (χ2n) is 5.04. The molecule has 1 aromatic rings. The van der Waals surface area contributed by atoms with Gasteiger partial charge in [-0.05, 0) is 37.3 Å². The first-order valence-electron chi connectivity index (χ1n) is 7.09. The van der Waals surface area contributed by atoms with Gasteiger partial charge < -0.3 is 4.74 Å². The topological polar surface area (TPSA) is 46.6 Å². The molecule has 110 valence electrons. The van der Waals surface area contributed by atoms with E-state index in [9.17, 15) is 9.59 Å². The zero-order valence-electron chi connectivity index (χ0n) is 12.1. The van der Waals surface area contributed by atoms with E-state index in [1.807, 2.05) is 0 Å². The van der Waals surface area contributed by atoms with Crippen LogP contribution in [-0.2, 0) is 20.7 Å². The summed E-state index contributed by atoms with van der Waals surface area (Å²) in [6.45, 7) is 5.63. The van der Waals surface area contributed by atoms with Crippen molar-refractivity contribution in [3.63, 3.8) is 0 Å². The van der Waals surface area contributed by atoms with Gasteiger partial charge in [0.1, 0.15) is 5.78 Å². The minimum absolute atomic E-state index is 0.114. The molecule has 2 heterocycles. The van der Waals surface area contributed by atoms with Gasteiger partial charge in [-0.2, -0.15) is 0 Å². The number of ketones is 1. The van der Waals surface area contributed by atoms with Gasteiger partial charge in [0, 0.05) is 23.9 Å². The number of nitrogens with zero attached hydrogens (tertiary/aromatic N) is 1. The van der Waals surface area contributed by atoms with Crippen LogP contribution in [0.25, 0.3) is 0 Å². The number of thiophene rings is 1. The quantitative estimate of drug-likeness (QED) is 0.757. The van der Waals surface area contributed by atoms with Crippen molar-refractivity contribution in [1.82, 2.24) is 4.90 Å². The third-order valence-corrected chi connectivity index (χ3v) is 4.69. The molecule has 0 bridgehead atoms. The molecule has 1 aromatic heterocycles. The van der Waals surface area contributed by atoms with Gasteiger partial charge in [0.2, 0.25) is 0 Å².